The van der Waals surface area contributed by atoms with Crippen LogP contribution in [-0.4, -0.2) is 32.7 Å². The van der Waals surface area contributed by atoms with Gasteiger partial charge in [-0.05, 0) is 50.9 Å². The van der Waals surface area contributed by atoms with Crippen molar-refractivity contribution in [1.82, 2.24) is 10.0 Å². The normalized spacial score (nSPS) is 31.4. The molecule has 0 aromatic heterocycles. The summed E-state index contributed by atoms with van der Waals surface area (Å²) in [6.07, 6.45) is 4.69. The molecule has 0 saturated heterocycles. The number of sulfonamides is 1. The molecule has 6 heteroatoms. The van der Waals surface area contributed by atoms with Crippen LogP contribution in [0.4, 0.5) is 0 Å². The molecule has 2 aliphatic carbocycles. The Morgan fingerprint density at radius 2 is 2.05 bits per heavy atom. The van der Waals surface area contributed by atoms with Crippen molar-refractivity contribution in [3.05, 3.63) is 0 Å². The molecule has 0 aromatic rings. The molecule has 2 aliphatic rings. The lowest BCUT2D eigenvalue weighted by molar-refractivity contribution is -0.122. The molecule has 1 amide bonds. The van der Waals surface area contributed by atoms with Gasteiger partial charge in [0.1, 0.15) is 0 Å². The van der Waals surface area contributed by atoms with Crippen LogP contribution < -0.4 is 10.0 Å². The average molecular weight is 288 g/mol. The molecule has 2 N–H and O–H groups in total. The smallest absolute Gasteiger partial charge is 0.237 e. The van der Waals surface area contributed by atoms with Gasteiger partial charge in [0, 0.05) is 6.54 Å². The summed E-state index contributed by atoms with van der Waals surface area (Å²) in [4.78, 5) is 11.5. The van der Waals surface area contributed by atoms with E-state index in [0.29, 0.717) is 12.5 Å². The molecule has 0 aliphatic heterocycles. The lowest BCUT2D eigenvalue weighted by Crippen LogP contribution is -2.46. The first-order valence-corrected chi connectivity index (χ1v) is 8.84. The number of amides is 1. The van der Waals surface area contributed by atoms with Crippen molar-refractivity contribution in [2.24, 2.45) is 17.8 Å². The van der Waals surface area contributed by atoms with Crippen LogP contribution in [-0.2, 0) is 14.8 Å². The number of carbonyl (C=O) groups is 1. The van der Waals surface area contributed by atoms with Crippen LogP contribution >= 0.6 is 0 Å². The zero-order valence-corrected chi connectivity index (χ0v) is 12.5. The number of rotatable bonds is 6. The Bertz CT molecular complexity index is 435. The highest BCUT2D eigenvalue weighted by Crippen LogP contribution is 2.48. The Kier molecular flexibility index (Phi) is 4.50. The maximum atomic E-state index is 12.1. The molecule has 2 bridgehead atoms. The number of likely N-dealkylation sites (N-methyl/N-ethyl adjacent to an activating group) is 1. The summed E-state index contributed by atoms with van der Waals surface area (Å²) in [5, 5.41) is 2.62. The van der Waals surface area contributed by atoms with Gasteiger partial charge in [0.05, 0.1) is 11.8 Å². The summed E-state index contributed by atoms with van der Waals surface area (Å²) in [5.74, 6) is 1.53. The molecule has 5 nitrogen and oxygen atoms in total. The molecule has 0 unspecified atom stereocenters. The van der Waals surface area contributed by atoms with Crippen molar-refractivity contribution in [2.45, 2.75) is 45.6 Å². The first-order chi connectivity index (χ1) is 8.91. The summed E-state index contributed by atoms with van der Waals surface area (Å²) < 4.78 is 26.7. The number of hydrogen-bond acceptors (Lipinski definition) is 3. The number of nitrogens with one attached hydrogen (secondary N) is 2. The Labute approximate surface area is 115 Å². The third kappa shape index (κ3) is 3.69. The molecular formula is C13H24N2O3S. The zero-order chi connectivity index (χ0) is 14.0. The second-order valence-corrected chi connectivity index (χ2v) is 7.75. The van der Waals surface area contributed by atoms with Crippen molar-refractivity contribution < 1.29 is 13.2 Å². The Hall–Kier alpha value is -0.620. The molecule has 2 saturated carbocycles. The van der Waals surface area contributed by atoms with Crippen LogP contribution in [0.3, 0.4) is 0 Å². The van der Waals surface area contributed by atoms with Gasteiger partial charge in [-0.15, -0.1) is 0 Å². The summed E-state index contributed by atoms with van der Waals surface area (Å²) >= 11 is 0. The third-order valence-corrected chi connectivity index (χ3v) is 6.00. The average Bonchev–Trinajstić information content (AvgIpc) is 2.89. The van der Waals surface area contributed by atoms with E-state index in [2.05, 4.69) is 10.0 Å². The number of hydrogen-bond donors (Lipinski definition) is 2. The fourth-order valence-electron chi connectivity index (χ4n) is 3.56. The minimum absolute atomic E-state index is 0.178. The van der Waals surface area contributed by atoms with Gasteiger partial charge in [-0.2, -0.15) is 0 Å². The predicted molar refractivity (Wildman–Crippen MR) is 74.0 cm³/mol. The van der Waals surface area contributed by atoms with Gasteiger partial charge >= 0.3 is 0 Å². The minimum Gasteiger partial charge on any atom is -0.355 e. The van der Waals surface area contributed by atoms with Gasteiger partial charge in [-0.1, -0.05) is 6.42 Å². The largest absolute Gasteiger partial charge is 0.355 e. The minimum atomic E-state index is -3.36. The molecule has 0 heterocycles. The Morgan fingerprint density at radius 1 is 1.32 bits per heavy atom. The van der Waals surface area contributed by atoms with E-state index in [1.807, 2.05) is 6.92 Å². The van der Waals surface area contributed by atoms with E-state index in [1.54, 1.807) is 6.92 Å². The molecule has 0 aromatic carbocycles. The van der Waals surface area contributed by atoms with Crippen LogP contribution in [0, 0.1) is 17.8 Å². The molecule has 110 valence electrons. The van der Waals surface area contributed by atoms with Crippen LogP contribution in [0.15, 0.2) is 0 Å². The SMILES string of the molecule is CCNC(=O)[C@H](C)NS(=O)(=O)C[C@H]1C[C@H]2CC[C@H]1C2. The monoisotopic (exact) mass is 288 g/mol. The molecular weight excluding hydrogens is 264 g/mol. The first kappa shape index (κ1) is 14.8. The molecule has 0 radical (unpaired) electrons. The topological polar surface area (TPSA) is 75.3 Å². The number of carbonyl (C=O) groups excluding carboxylic acids is 1. The quantitative estimate of drug-likeness (QED) is 0.761. The van der Waals surface area contributed by atoms with E-state index in [4.69, 9.17) is 0 Å². The van der Waals surface area contributed by atoms with Crippen molar-refractivity contribution in [3.8, 4) is 0 Å². The Morgan fingerprint density at radius 3 is 2.58 bits per heavy atom. The van der Waals surface area contributed by atoms with Crippen molar-refractivity contribution in [3.63, 3.8) is 0 Å². The second kappa shape index (κ2) is 5.79. The van der Waals surface area contributed by atoms with Crippen molar-refractivity contribution in [2.75, 3.05) is 12.3 Å². The first-order valence-electron chi connectivity index (χ1n) is 7.19. The fraction of sp³-hybridized carbons (Fsp3) is 0.923. The summed E-state index contributed by atoms with van der Waals surface area (Å²) in [6, 6.07) is -0.691. The highest BCUT2D eigenvalue weighted by molar-refractivity contribution is 7.89. The highest BCUT2D eigenvalue weighted by Gasteiger charge is 2.41. The van der Waals surface area contributed by atoms with E-state index in [9.17, 15) is 13.2 Å². The third-order valence-electron chi connectivity index (χ3n) is 4.42. The highest BCUT2D eigenvalue weighted by atomic mass is 32.2. The van der Waals surface area contributed by atoms with Crippen molar-refractivity contribution in [1.29, 1.82) is 0 Å². The van der Waals surface area contributed by atoms with E-state index >= 15 is 0 Å². The van der Waals surface area contributed by atoms with Gasteiger partial charge in [0.25, 0.3) is 0 Å². The summed E-state index contributed by atoms with van der Waals surface area (Å²) in [5.41, 5.74) is 0. The van der Waals surface area contributed by atoms with Crippen LogP contribution in [0.2, 0.25) is 0 Å². The number of fused-ring (bicyclic) bond motifs is 2. The van der Waals surface area contributed by atoms with Crippen LogP contribution in [0.5, 0.6) is 0 Å². The lowest BCUT2D eigenvalue weighted by atomic mass is 9.90. The maximum absolute atomic E-state index is 12.1. The van der Waals surface area contributed by atoms with Gasteiger partial charge in [-0.25, -0.2) is 13.1 Å². The van der Waals surface area contributed by atoms with Gasteiger partial charge in [0.2, 0.25) is 15.9 Å². The predicted octanol–water partition coefficient (Wildman–Crippen LogP) is 0.867. The molecule has 2 fully saturated rings. The van der Waals surface area contributed by atoms with Gasteiger partial charge < -0.3 is 5.32 Å². The van der Waals surface area contributed by atoms with Gasteiger partial charge in [0.15, 0.2) is 0 Å². The molecule has 0 spiro atoms. The standard InChI is InChI=1S/C13H24N2O3S/c1-3-14-13(16)9(2)15-19(17,18)8-12-7-10-4-5-11(12)6-10/h9-12,15H,3-8H2,1-2H3,(H,14,16)/t9-,10-,11-,12+/m0/s1. The van der Waals surface area contributed by atoms with E-state index < -0.39 is 16.1 Å². The second-order valence-electron chi connectivity index (χ2n) is 5.95. The zero-order valence-electron chi connectivity index (χ0n) is 11.7. The molecule has 4 atom stereocenters. The summed E-state index contributed by atoms with van der Waals surface area (Å²) in [6.45, 7) is 3.91. The van der Waals surface area contributed by atoms with E-state index in [1.165, 1.54) is 19.3 Å². The van der Waals surface area contributed by atoms with Crippen molar-refractivity contribution >= 4 is 15.9 Å². The van der Waals surface area contributed by atoms with E-state index in [-0.39, 0.29) is 17.6 Å². The van der Waals surface area contributed by atoms with Crippen LogP contribution in [0.25, 0.3) is 0 Å². The lowest BCUT2D eigenvalue weighted by Gasteiger charge is -2.22. The molecule has 19 heavy (non-hydrogen) atoms. The van der Waals surface area contributed by atoms with Gasteiger partial charge in [-0.3, -0.25) is 4.79 Å². The Balaban J connectivity index is 1.86. The molecule has 2 rings (SSSR count). The fourth-order valence-corrected chi connectivity index (χ4v) is 5.27. The summed E-state index contributed by atoms with van der Waals surface area (Å²) in [7, 11) is -3.36. The maximum Gasteiger partial charge on any atom is 0.237 e. The van der Waals surface area contributed by atoms with E-state index in [0.717, 1.165) is 12.3 Å². The van der Waals surface area contributed by atoms with Crippen LogP contribution in [0.1, 0.15) is 39.5 Å².